The summed E-state index contributed by atoms with van der Waals surface area (Å²) in [4.78, 5) is 23.3. The largest absolute Gasteiger partial charge is 0.493 e. The molecule has 0 saturated carbocycles. The smallest absolute Gasteiger partial charge is 0.305 e. The third kappa shape index (κ3) is 4.58. The van der Waals surface area contributed by atoms with Crippen LogP contribution >= 0.6 is 0 Å². The Hall–Kier alpha value is -2.83. The Kier molecular flexibility index (Phi) is 5.57. The molecular formula is C17H21N3O4. The molecule has 7 nitrogen and oxygen atoms in total. The maximum Gasteiger partial charge on any atom is 0.305 e. The molecule has 0 saturated heterocycles. The van der Waals surface area contributed by atoms with E-state index in [2.05, 4.69) is 10.4 Å². The van der Waals surface area contributed by atoms with E-state index in [1.807, 2.05) is 19.9 Å². The predicted octanol–water partition coefficient (Wildman–Crippen LogP) is 2.20. The van der Waals surface area contributed by atoms with Crippen molar-refractivity contribution in [3.63, 3.8) is 0 Å². The molecule has 0 spiro atoms. The first kappa shape index (κ1) is 17.5. The van der Waals surface area contributed by atoms with Gasteiger partial charge in [-0.15, -0.1) is 0 Å². The van der Waals surface area contributed by atoms with Crippen molar-refractivity contribution < 1.29 is 19.8 Å². The second-order valence-corrected chi connectivity index (χ2v) is 6.03. The van der Waals surface area contributed by atoms with Crippen LogP contribution in [0.25, 0.3) is 5.69 Å². The number of carboxylic acids is 1. The van der Waals surface area contributed by atoms with Gasteiger partial charge in [0.05, 0.1) is 12.1 Å². The predicted molar refractivity (Wildman–Crippen MR) is 88.2 cm³/mol. The molecule has 24 heavy (non-hydrogen) atoms. The topological polar surface area (TPSA) is 104 Å². The Bertz CT molecular complexity index is 710. The summed E-state index contributed by atoms with van der Waals surface area (Å²) in [6.07, 6.45) is 0.388. The van der Waals surface area contributed by atoms with Gasteiger partial charge in [0.25, 0.3) is 5.91 Å². The third-order valence-electron chi connectivity index (χ3n) is 3.44. The van der Waals surface area contributed by atoms with E-state index >= 15 is 0 Å². The number of nitrogens with one attached hydrogen (secondary N) is 1. The van der Waals surface area contributed by atoms with Crippen LogP contribution in [0.2, 0.25) is 0 Å². The Morgan fingerprint density at radius 2 is 1.92 bits per heavy atom. The molecule has 0 fully saturated rings. The lowest BCUT2D eigenvalue weighted by atomic mass is 10.0. The number of carbonyl (C=O) groups excluding carboxylic acids is 1. The number of carbonyl (C=O) groups is 2. The summed E-state index contributed by atoms with van der Waals surface area (Å²) in [5, 5.41) is 25.7. The molecule has 1 aromatic heterocycles. The second kappa shape index (κ2) is 7.63. The maximum absolute atomic E-state index is 12.3. The van der Waals surface area contributed by atoms with Crippen molar-refractivity contribution in [1.29, 1.82) is 0 Å². The zero-order chi connectivity index (χ0) is 17.7. The number of aromatic hydroxyl groups is 1. The minimum absolute atomic E-state index is 0.0375. The number of aliphatic carboxylic acids is 1. The molecule has 2 rings (SSSR count). The summed E-state index contributed by atoms with van der Waals surface area (Å²) < 4.78 is 1.25. The van der Waals surface area contributed by atoms with E-state index in [1.54, 1.807) is 24.3 Å². The number of hydrogen-bond acceptors (Lipinski definition) is 4. The molecule has 7 heteroatoms. The molecule has 1 atom stereocenters. The Balaban J connectivity index is 2.16. The lowest BCUT2D eigenvalue weighted by Crippen LogP contribution is -2.37. The minimum atomic E-state index is -0.974. The maximum atomic E-state index is 12.3. The summed E-state index contributed by atoms with van der Waals surface area (Å²) in [5.74, 6) is -1.40. The van der Waals surface area contributed by atoms with Crippen LogP contribution in [0.1, 0.15) is 37.2 Å². The van der Waals surface area contributed by atoms with Crippen molar-refractivity contribution in [3.8, 4) is 11.6 Å². The van der Waals surface area contributed by atoms with Gasteiger partial charge in [0.1, 0.15) is 0 Å². The van der Waals surface area contributed by atoms with Crippen LogP contribution in [0.5, 0.6) is 5.88 Å². The third-order valence-corrected chi connectivity index (χ3v) is 3.44. The summed E-state index contributed by atoms with van der Waals surface area (Å²) in [7, 11) is 0. The van der Waals surface area contributed by atoms with Gasteiger partial charge in [0.15, 0.2) is 5.69 Å². The van der Waals surface area contributed by atoms with Gasteiger partial charge < -0.3 is 15.5 Å². The molecule has 1 unspecified atom stereocenters. The molecule has 1 amide bonds. The van der Waals surface area contributed by atoms with Crippen molar-refractivity contribution in [2.45, 2.75) is 32.7 Å². The van der Waals surface area contributed by atoms with Crippen molar-refractivity contribution in [2.75, 3.05) is 0 Å². The highest BCUT2D eigenvalue weighted by atomic mass is 16.4. The molecule has 3 N–H and O–H groups in total. The number of amides is 1. The van der Waals surface area contributed by atoms with Gasteiger partial charge in [-0.3, -0.25) is 9.59 Å². The fraction of sp³-hybridized carbons (Fsp3) is 0.353. The molecule has 0 aliphatic heterocycles. The highest BCUT2D eigenvalue weighted by molar-refractivity contribution is 5.93. The van der Waals surface area contributed by atoms with Crippen molar-refractivity contribution >= 4 is 11.9 Å². The zero-order valence-corrected chi connectivity index (χ0v) is 13.6. The highest BCUT2D eigenvalue weighted by Gasteiger charge is 2.21. The first-order valence-electron chi connectivity index (χ1n) is 7.74. The van der Waals surface area contributed by atoms with Gasteiger partial charge in [-0.2, -0.15) is 5.10 Å². The van der Waals surface area contributed by atoms with Crippen LogP contribution < -0.4 is 5.32 Å². The zero-order valence-electron chi connectivity index (χ0n) is 13.6. The fourth-order valence-corrected chi connectivity index (χ4v) is 2.47. The van der Waals surface area contributed by atoms with Crippen LogP contribution in [0.4, 0.5) is 0 Å². The summed E-state index contributed by atoms with van der Waals surface area (Å²) in [6.45, 7) is 3.91. The Morgan fingerprint density at radius 1 is 1.25 bits per heavy atom. The van der Waals surface area contributed by atoms with Crippen LogP contribution in [-0.2, 0) is 4.79 Å². The summed E-state index contributed by atoms with van der Waals surface area (Å²) >= 11 is 0. The van der Waals surface area contributed by atoms with Crippen molar-refractivity contribution in [3.05, 3.63) is 42.1 Å². The normalized spacial score (nSPS) is 12.1. The van der Waals surface area contributed by atoms with E-state index in [0.29, 0.717) is 12.1 Å². The number of aromatic nitrogens is 2. The van der Waals surface area contributed by atoms with E-state index in [0.717, 1.165) is 0 Å². The van der Waals surface area contributed by atoms with Crippen LogP contribution in [0.3, 0.4) is 0 Å². The average molecular weight is 331 g/mol. The first-order chi connectivity index (χ1) is 11.4. The van der Waals surface area contributed by atoms with Gasteiger partial charge >= 0.3 is 5.97 Å². The first-order valence-corrected chi connectivity index (χ1v) is 7.74. The number of nitrogens with zero attached hydrogens (tertiary/aromatic N) is 2. The monoisotopic (exact) mass is 331 g/mol. The fourth-order valence-electron chi connectivity index (χ4n) is 2.47. The number of hydrogen-bond donors (Lipinski definition) is 3. The van der Waals surface area contributed by atoms with Crippen LogP contribution in [-0.4, -0.2) is 37.9 Å². The molecule has 0 radical (unpaired) electrons. The van der Waals surface area contributed by atoms with Crippen molar-refractivity contribution in [2.24, 2.45) is 5.92 Å². The number of rotatable bonds is 7. The molecule has 0 aliphatic carbocycles. The van der Waals surface area contributed by atoms with E-state index in [1.165, 1.54) is 10.7 Å². The van der Waals surface area contributed by atoms with E-state index < -0.39 is 17.9 Å². The molecule has 0 aliphatic rings. The van der Waals surface area contributed by atoms with Crippen molar-refractivity contribution in [1.82, 2.24) is 15.1 Å². The number of carboxylic acid groups (broad SMARTS) is 1. The van der Waals surface area contributed by atoms with Crippen LogP contribution in [0.15, 0.2) is 36.4 Å². The Labute approximate surface area is 139 Å². The molecule has 1 aromatic carbocycles. The Morgan fingerprint density at radius 3 is 2.50 bits per heavy atom. The van der Waals surface area contributed by atoms with Gasteiger partial charge in [0, 0.05) is 12.1 Å². The lowest BCUT2D eigenvalue weighted by Gasteiger charge is -2.18. The average Bonchev–Trinajstić information content (AvgIpc) is 2.89. The standard InChI is InChI=1S/C17H21N3O4/c1-11(2)8-12(9-16(22)23)18-17(24)14-10-15(21)20(19-14)13-6-4-3-5-7-13/h3-7,10-12,21H,8-9H2,1-2H3,(H,18,24)(H,22,23). The quantitative estimate of drug-likeness (QED) is 0.721. The molecular weight excluding hydrogens is 310 g/mol. The van der Waals surface area contributed by atoms with E-state index in [-0.39, 0.29) is 23.9 Å². The molecule has 1 heterocycles. The van der Waals surface area contributed by atoms with E-state index in [9.17, 15) is 14.7 Å². The van der Waals surface area contributed by atoms with E-state index in [4.69, 9.17) is 5.11 Å². The van der Waals surface area contributed by atoms with Gasteiger partial charge in [0.2, 0.25) is 5.88 Å². The molecule has 0 bridgehead atoms. The SMILES string of the molecule is CC(C)CC(CC(=O)O)NC(=O)c1cc(O)n(-c2ccccc2)n1. The van der Waals surface area contributed by atoms with Gasteiger partial charge in [-0.05, 0) is 24.5 Å². The summed E-state index contributed by atoms with van der Waals surface area (Å²) in [6, 6.07) is 9.69. The van der Waals surface area contributed by atoms with Crippen LogP contribution in [0, 0.1) is 5.92 Å². The molecule has 2 aromatic rings. The number of para-hydroxylation sites is 1. The number of benzene rings is 1. The second-order valence-electron chi connectivity index (χ2n) is 6.03. The summed E-state index contributed by atoms with van der Waals surface area (Å²) in [5.41, 5.74) is 0.661. The highest BCUT2D eigenvalue weighted by Crippen LogP contribution is 2.18. The van der Waals surface area contributed by atoms with Gasteiger partial charge in [-0.25, -0.2) is 4.68 Å². The lowest BCUT2D eigenvalue weighted by molar-refractivity contribution is -0.137. The molecule has 128 valence electrons. The van der Waals surface area contributed by atoms with Gasteiger partial charge in [-0.1, -0.05) is 32.0 Å². The minimum Gasteiger partial charge on any atom is -0.493 e.